The van der Waals surface area contributed by atoms with Crippen molar-refractivity contribution in [2.75, 3.05) is 6.61 Å². The first-order valence-electron chi connectivity index (χ1n) is 9.93. The average Bonchev–Trinajstić information content (AvgIpc) is 3.48. The fourth-order valence-corrected chi connectivity index (χ4v) is 4.18. The second-order valence-corrected chi connectivity index (χ2v) is 7.96. The number of hydrogen-bond donors (Lipinski definition) is 0. The lowest BCUT2D eigenvalue weighted by Gasteiger charge is -2.14. The minimum absolute atomic E-state index is 0.138. The standard InChI is InChI=1S/C19H24FN7OS/c1-2-3-10-27-17(21-24-25-27)13-29-19-23-22-18(14-6-8-15(20)9-7-14)26(19)12-16-5-4-11-28-16/h6-9,16H,2-5,10-13H2,1H3. The van der Waals surface area contributed by atoms with Crippen molar-refractivity contribution in [3.05, 3.63) is 35.9 Å². The molecule has 0 radical (unpaired) electrons. The maximum absolute atomic E-state index is 13.4. The van der Waals surface area contributed by atoms with E-state index in [0.29, 0.717) is 18.1 Å². The van der Waals surface area contributed by atoms with Gasteiger partial charge in [0.1, 0.15) is 5.82 Å². The van der Waals surface area contributed by atoms with Gasteiger partial charge in [-0.1, -0.05) is 25.1 Å². The third-order valence-corrected chi connectivity index (χ3v) is 5.85. The summed E-state index contributed by atoms with van der Waals surface area (Å²) < 4.78 is 23.1. The van der Waals surface area contributed by atoms with Crippen molar-refractivity contribution in [2.45, 2.75) is 62.7 Å². The Morgan fingerprint density at radius 1 is 1.21 bits per heavy atom. The molecule has 1 aliphatic heterocycles. The largest absolute Gasteiger partial charge is 0.376 e. The molecule has 0 amide bonds. The number of aromatic nitrogens is 7. The van der Waals surface area contributed by atoms with Crippen molar-refractivity contribution >= 4 is 11.8 Å². The summed E-state index contributed by atoms with van der Waals surface area (Å²) in [6.45, 7) is 4.41. The predicted molar refractivity (Wildman–Crippen MR) is 107 cm³/mol. The smallest absolute Gasteiger partial charge is 0.192 e. The Hall–Kier alpha value is -2.33. The summed E-state index contributed by atoms with van der Waals surface area (Å²) in [5.41, 5.74) is 0.830. The number of hydrogen-bond acceptors (Lipinski definition) is 7. The molecule has 0 aliphatic carbocycles. The van der Waals surface area contributed by atoms with Crippen molar-refractivity contribution in [3.63, 3.8) is 0 Å². The lowest BCUT2D eigenvalue weighted by atomic mass is 10.2. The van der Waals surface area contributed by atoms with Crippen LogP contribution in [0.25, 0.3) is 11.4 Å². The highest BCUT2D eigenvalue weighted by Crippen LogP contribution is 2.28. The quantitative estimate of drug-likeness (QED) is 0.494. The van der Waals surface area contributed by atoms with E-state index in [1.54, 1.807) is 23.9 Å². The van der Waals surface area contributed by atoms with E-state index in [4.69, 9.17) is 4.74 Å². The Balaban J connectivity index is 1.55. The Labute approximate surface area is 172 Å². The summed E-state index contributed by atoms with van der Waals surface area (Å²) in [7, 11) is 0. The number of ether oxygens (including phenoxy) is 1. The van der Waals surface area contributed by atoms with E-state index >= 15 is 0 Å². The lowest BCUT2D eigenvalue weighted by molar-refractivity contribution is 0.0953. The Bertz CT molecular complexity index is 921. The van der Waals surface area contributed by atoms with Gasteiger partial charge in [0.05, 0.1) is 18.4 Å². The molecule has 1 saturated heterocycles. The van der Waals surface area contributed by atoms with Gasteiger partial charge in [-0.2, -0.15) is 0 Å². The third kappa shape index (κ3) is 4.81. The van der Waals surface area contributed by atoms with Crippen LogP contribution in [0.5, 0.6) is 0 Å². The Kier molecular flexibility index (Phi) is 6.50. The maximum atomic E-state index is 13.4. The van der Waals surface area contributed by atoms with Gasteiger partial charge in [0, 0.05) is 18.7 Å². The van der Waals surface area contributed by atoms with E-state index in [1.165, 1.54) is 12.1 Å². The highest BCUT2D eigenvalue weighted by atomic mass is 32.2. The van der Waals surface area contributed by atoms with Crippen LogP contribution in [0.4, 0.5) is 4.39 Å². The molecule has 3 aromatic rings. The van der Waals surface area contributed by atoms with Gasteiger partial charge in [-0.15, -0.1) is 15.3 Å². The van der Waals surface area contributed by atoms with E-state index in [-0.39, 0.29) is 11.9 Å². The van der Waals surface area contributed by atoms with E-state index in [9.17, 15) is 4.39 Å². The summed E-state index contributed by atoms with van der Waals surface area (Å²) in [6, 6.07) is 6.33. The minimum Gasteiger partial charge on any atom is -0.376 e. The zero-order chi connectivity index (χ0) is 20.1. The number of thioether (sulfide) groups is 1. The minimum atomic E-state index is -0.271. The van der Waals surface area contributed by atoms with Crippen LogP contribution in [0.15, 0.2) is 29.4 Å². The summed E-state index contributed by atoms with van der Waals surface area (Å²) in [5, 5.41) is 21.6. The molecule has 1 fully saturated rings. The number of unbranched alkanes of at least 4 members (excludes halogenated alkanes) is 1. The highest BCUT2D eigenvalue weighted by molar-refractivity contribution is 7.98. The van der Waals surface area contributed by atoms with E-state index < -0.39 is 0 Å². The van der Waals surface area contributed by atoms with Crippen LogP contribution in [-0.2, 0) is 23.6 Å². The number of tetrazole rings is 1. The molecule has 1 atom stereocenters. The first-order chi connectivity index (χ1) is 14.2. The molecular formula is C19H24FN7OS. The summed E-state index contributed by atoms with van der Waals surface area (Å²) >= 11 is 1.55. The van der Waals surface area contributed by atoms with Gasteiger partial charge in [0.25, 0.3) is 0 Å². The average molecular weight is 418 g/mol. The molecule has 154 valence electrons. The van der Waals surface area contributed by atoms with Gasteiger partial charge < -0.3 is 4.74 Å². The van der Waals surface area contributed by atoms with Gasteiger partial charge >= 0.3 is 0 Å². The first kappa shape index (κ1) is 20.0. The van der Waals surface area contributed by atoms with Crippen LogP contribution in [0.2, 0.25) is 0 Å². The molecule has 1 aromatic carbocycles. The lowest BCUT2D eigenvalue weighted by Crippen LogP contribution is -2.16. The van der Waals surface area contributed by atoms with Gasteiger partial charge in [-0.05, 0) is 54.0 Å². The maximum Gasteiger partial charge on any atom is 0.192 e. The molecule has 1 aliphatic rings. The van der Waals surface area contributed by atoms with Gasteiger partial charge in [0.15, 0.2) is 16.8 Å². The van der Waals surface area contributed by atoms with Crippen LogP contribution in [0.1, 0.15) is 38.4 Å². The number of aryl methyl sites for hydroxylation is 1. The molecule has 4 rings (SSSR count). The normalized spacial score (nSPS) is 16.6. The Morgan fingerprint density at radius 3 is 2.83 bits per heavy atom. The van der Waals surface area contributed by atoms with E-state index in [0.717, 1.165) is 55.4 Å². The number of halogens is 1. The van der Waals surface area contributed by atoms with E-state index in [1.807, 2.05) is 4.68 Å². The third-order valence-electron chi connectivity index (χ3n) is 4.89. The SMILES string of the molecule is CCCCn1nnnc1CSc1nnc(-c2ccc(F)cc2)n1CC1CCCO1. The van der Waals surface area contributed by atoms with Crippen molar-refractivity contribution in [2.24, 2.45) is 0 Å². The van der Waals surface area contributed by atoms with Crippen LogP contribution in [0.3, 0.4) is 0 Å². The molecule has 0 saturated carbocycles. The summed E-state index contributed by atoms with van der Waals surface area (Å²) in [5.74, 6) is 1.86. The van der Waals surface area contributed by atoms with Gasteiger partial charge in [0.2, 0.25) is 0 Å². The summed E-state index contributed by atoms with van der Waals surface area (Å²) in [6.07, 6.45) is 4.34. The topological polar surface area (TPSA) is 83.5 Å². The second-order valence-electron chi connectivity index (χ2n) is 7.02. The Morgan fingerprint density at radius 2 is 2.07 bits per heavy atom. The molecule has 1 unspecified atom stereocenters. The molecule has 0 bridgehead atoms. The summed E-state index contributed by atoms with van der Waals surface area (Å²) in [4.78, 5) is 0. The van der Waals surface area contributed by atoms with Crippen molar-refractivity contribution in [3.8, 4) is 11.4 Å². The van der Waals surface area contributed by atoms with Crippen LogP contribution < -0.4 is 0 Å². The molecule has 0 spiro atoms. The zero-order valence-corrected chi connectivity index (χ0v) is 17.2. The van der Waals surface area contributed by atoms with Crippen LogP contribution >= 0.6 is 11.8 Å². The molecular weight excluding hydrogens is 393 g/mol. The molecule has 3 heterocycles. The molecule has 29 heavy (non-hydrogen) atoms. The highest BCUT2D eigenvalue weighted by Gasteiger charge is 2.22. The van der Waals surface area contributed by atoms with Crippen LogP contribution in [0, 0.1) is 5.82 Å². The predicted octanol–water partition coefficient (Wildman–Crippen LogP) is 3.34. The fourth-order valence-electron chi connectivity index (χ4n) is 3.30. The van der Waals surface area contributed by atoms with Gasteiger partial charge in [-0.3, -0.25) is 4.57 Å². The number of rotatable bonds is 9. The number of nitrogens with zero attached hydrogens (tertiary/aromatic N) is 7. The molecule has 10 heteroatoms. The van der Waals surface area contributed by atoms with Gasteiger partial charge in [-0.25, -0.2) is 9.07 Å². The number of benzene rings is 1. The zero-order valence-electron chi connectivity index (χ0n) is 16.4. The fraction of sp³-hybridized carbons (Fsp3) is 0.526. The first-order valence-corrected chi connectivity index (χ1v) is 10.9. The van der Waals surface area contributed by atoms with Crippen molar-refractivity contribution < 1.29 is 9.13 Å². The molecule has 2 aromatic heterocycles. The molecule has 8 nitrogen and oxygen atoms in total. The van der Waals surface area contributed by atoms with Crippen molar-refractivity contribution in [1.82, 2.24) is 35.0 Å². The second kappa shape index (κ2) is 9.45. The van der Waals surface area contributed by atoms with Crippen molar-refractivity contribution in [1.29, 1.82) is 0 Å². The monoisotopic (exact) mass is 417 g/mol. The molecule has 0 N–H and O–H groups in total. The van der Waals surface area contributed by atoms with Crippen LogP contribution in [-0.4, -0.2) is 47.7 Å². The van der Waals surface area contributed by atoms with E-state index in [2.05, 4.69) is 37.2 Å².